The number of carbonyl (C=O) groups is 2. The maximum Gasteiger partial charge on any atom is 0.407 e. The first-order chi connectivity index (χ1) is 13.9. The number of aliphatic carboxylic acids is 1. The van der Waals surface area contributed by atoms with Crippen LogP contribution in [0.4, 0.5) is 13.6 Å². The highest BCUT2D eigenvalue weighted by Gasteiger charge is 2.43. The number of nitrogens with two attached hydrogens (primary N) is 1. The maximum absolute atomic E-state index is 12.9. The third kappa shape index (κ3) is 11.1. The van der Waals surface area contributed by atoms with Gasteiger partial charge in [-0.15, -0.1) is 0 Å². The van der Waals surface area contributed by atoms with Crippen LogP contribution in [-0.2, 0) is 4.79 Å². The van der Waals surface area contributed by atoms with Crippen LogP contribution in [0.5, 0.6) is 0 Å². The zero-order valence-corrected chi connectivity index (χ0v) is 18.5. The van der Waals surface area contributed by atoms with Gasteiger partial charge in [0.2, 0.25) is 0 Å². The van der Waals surface area contributed by atoms with Crippen LogP contribution in [0.2, 0.25) is 0 Å². The Bertz CT molecular complexity index is 656. The second kappa shape index (κ2) is 13.9. The Morgan fingerprint density at radius 2 is 1.53 bits per heavy atom. The average Bonchev–Trinajstić information content (AvgIpc) is 2.63. The first-order valence-corrected chi connectivity index (χ1v) is 10.1. The van der Waals surface area contributed by atoms with Gasteiger partial charge in [0.1, 0.15) is 0 Å². The number of hydrogen-bond acceptors (Lipinski definition) is 3. The molecule has 8 heteroatoms. The Labute approximate surface area is 178 Å². The smallest absolute Gasteiger partial charge is 0.407 e. The molecule has 0 rings (SSSR count). The van der Waals surface area contributed by atoms with Crippen molar-refractivity contribution in [1.82, 2.24) is 4.90 Å². The van der Waals surface area contributed by atoms with E-state index in [9.17, 15) is 23.5 Å². The fourth-order valence-corrected chi connectivity index (χ4v) is 2.74. The molecule has 1 atom stereocenters. The first kappa shape index (κ1) is 27.8. The number of alkyl halides is 2. The van der Waals surface area contributed by atoms with Crippen LogP contribution >= 0.6 is 0 Å². The van der Waals surface area contributed by atoms with Crippen molar-refractivity contribution >= 4 is 12.1 Å². The van der Waals surface area contributed by atoms with Crippen LogP contribution in [0.3, 0.4) is 0 Å². The quantitative estimate of drug-likeness (QED) is 0.328. The highest BCUT2D eigenvalue weighted by Crippen LogP contribution is 2.20. The molecule has 4 N–H and O–H groups in total. The van der Waals surface area contributed by atoms with E-state index in [0.717, 1.165) is 36.2 Å². The molecule has 1 unspecified atom stereocenters. The lowest BCUT2D eigenvalue weighted by molar-refractivity contribution is -0.150. The molecule has 0 aliphatic carbocycles. The number of rotatable bonds is 14. The molecular formula is C22H36F2N2O4. The lowest BCUT2D eigenvalue weighted by atomic mass is 9.95. The van der Waals surface area contributed by atoms with Gasteiger partial charge in [0.15, 0.2) is 5.54 Å². The van der Waals surface area contributed by atoms with Gasteiger partial charge in [-0.2, -0.15) is 0 Å². The minimum Gasteiger partial charge on any atom is -0.480 e. The Balaban J connectivity index is 4.57. The Morgan fingerprint density at radius 1 is 1.00 bits per heavy atom. The number of nitrogens with zero attached hydrogens (tertiary/aromatic N) is 1. The van der Waals surface area contributed by atoms with Crippen molar-refractivity contribution in [2.75, 3.05) is 13.1 Å². The van der Waals surface area contributed by atoms with Crippen LogP contribution in [-0.4, -0.2) is 52.2 Å². The molecular weight excluding hydrogens is 394 g/mol. The molecule has 0 heterocycles. The maximum atomic E-state index is 12.9. The van der Waals surface area contributed by atoms with Gasteiger partial charge in [0, 0.05) is 13.1 Å². The molecule has 6 nitrogen and oxygen atoms in total. The summed E-state index contributed by atoms with van der Waals surface area (Å²) in [5, 5.41) is 18.2. The second-order valence-electron chi connectivity index (χ2n) is 7.94. The van der Waals surface area contributed by atoms with Crippen molar-refractivity contribution in [3.05, 3.63) is 34.9 Å². The van der Waals surface area contributed by atoms with E-state index in [1.54, 1.807) is 6.08 Å². The third-order valence-electron chi connectivity index (χ3n) is 4.86. The highest BCUT2D eigenvalue weighted by molar-refractivity contribution is 5.79. The number of amides is 1. The van der Waals surface area contributed by atoms with Crippen LogP contribution in [0, 0.1) is 0 Å². The van der Waals surface area contributed by atoms with Crippen LogP contribution in [0.1, 0.15) is 66.2 Å². The van der Waals surface area contributed by atoms with E-state index in [2.05, 4.69) is 32.9 Å². The highest BCUT2D eigenvalue weighted by atomic mass is 19.3. The summed E-state index contributed by atoms with van der Waals surface area (Å²) in [7, 11) is 0. The monoisotopic (exact) mass is 430 g/mol. The third-order valence-corrected chi connectivity index (χ3v) is 4.86. The molecule has 0 saturated carbocycles. The van der Waals surface area contributed by atoms with E-state index >= 15 is 0 Å². The van der Waals surface area contributed by atoms with Gasteiger partial charge in [0.05, 0.1) is 0 Å². The minimum absolute atomic E-state index is 0.0680. The molecule has 0 spiro atoms. The van der Waals surface area contributed by atoms with E-state index in [4.69, 9.17) is 10.8 Å². The molecule has 1 amide bonds. The molecule has 0 radical (unpaired) electrons. The van der Waals surface area contributed by atoms with Crippen LogP contribution in [0.25, 0.3) is 0 Å². The normalized spacial score (nSPS) is 14.4. The zero-order chi connectivity index (χ0) is 23.3. The van der Waals surface area contributed by atoms with Gasteiger partial charge >= 0.3 is 12.1 Å². The first-order valence-electron chi connectivity index (χ1n) is 10.1. The van der Waals surface area contributed by atoms with Crippen LogP contribution in [0.15, 0.2) is 34.9 Å². The average molecular weight is 431 g/mol. The molecule has 30 heavy (non-hydrogen) atoms. The summed E-state index contributed by atoms with van der Waals surface area (Å²) in [6.07, 6.45) is 4.87. The molecule has 0 aromatic rings. The number of carboxylic acids is 1. The predicted octanol–water partition coefficient (Wildman–Crippen LogP) is 5.21. The van der Waals surface area contributed by atoms with E-state index < -0.39 is 30.4 Å². The molecule has 0 aliphatic rings. The summed E-state index contributed by atoms with van der Waals surface area (Å²) >= 11 is 0. The van der Waals surface area contributed by atoms with Crippen molar-refractivity contribution in [2.45, 2.75) is 78.2 Å². The molecule has 0 aromatic heterocycles. The summed E-state index contributed by atoms with van der Waals surface area (Å²) < 4.78 is 25.8. The molecule has 0 saturated heterocycles. The van der Waals surface area contributed by atoms with Gasteiger partial charge in [-0.25, -0.2) is 18.4 Å². The van der Waals surface area contributed by atoms with Crippen molar-refractivity contribution < 1.29 is 28.6 Å². The topological polar surface area (TPSA) is 104 Å². The summed E-state index contributed by atoms with van der Waals surface area (Å²) in [6, 6.07) is 0. The van der Waals surface area contributed by atoms with E-state index in [-0.39, 0.29) is 19.5 Å². The molecule has 172 valence electrons. The van der Waals surface area contributed by atoms with Crippen molar-refractivity contribution in [1.29, 1.82) is 0 Å². The van der Waals surface area contributed by atoms with E-state index in [1.807, 2.05) is 6.92 Å². The molecule has 0 aromatic carbocycles. The predicted molar refractivity (Wildman–Crippen MR) is 115 cm³/mol. The standard InChI is InChI=1S/C22H36F2N2O4/c1-16(2)8-5-9-17(3)10-6-11-18(4)12-15-26(21(29)30)14-7-13-22(25,19(23)24)20(27)28/h8,10,12,19H,5-7,9,11,13-15,25H2,1-4H3,(H,27,28)(H,29,30)/b17-10+,18-12+. The summed E-state index contributed by atoms with van der Waals surface area (Å²) in [5.74, 6) is -1.79. The lowest BCUT2D eigenvalue weighted by Gasteiger charge is -2.25. The van der Waals surface area contributed by atoms with Gasteiger partial charge in [-0.3, -0.25) is 0 Å². The number of carboxylic acid groups (broad SMARTS) is 2. The molecule has 0 bridgehead atoms. The Kier molecular flexibility index (Phi) is 12.9. The van der Waals surface area contributed by atoms with Gasteiger partial charge in [-0.05, 0) is 66.2 Å². The largest absolute Gasteiger partial charge is 0.480 e. The van der Waals surface area contributed by atoms with Crippen molar-refractivity contribution in [3.8, 4) is 0 Å². The number of hydrogen-bond donors (Lipinski definition) is 3. The van der Waals surface area contributed by atoms with Crippen molar-refractivity contribution in [2.24, 2.45) is 5.73 Å². The number of halogens is 2. The van der Waals surface area contributed by atoms with Crippen molar-refractivity contribution in [3.63, 3.8) is 0 Å². The fourth-order valence-electron chi connectivity index (χ4n) is 2.74. The summed E-state index contributed by atoms with van der Waals surface area (Å²) in [5.41, 5.74) is 6.24. The fraction of sp³-hybridized carbons (Fsp3) is 0.636. The molecule has 0 fully saturated rings. The Hall–Kier alpha value is -2.22. The van der Waals surface area contributed by atoms with Gasteiger partial charge in [0.25, 0.3) is 6.43 Å². The Morgan fingerprint density at radius 3 is 2.00 bits per heavy atom. The number of allylic oxidation sites excluding steroid dienone is 5. The lowest BCUT2D eigenvalue weighted by Crippen LogP contribution is -2.54. The summed E-state index contributed by atoms with van der Waals surface area (Å²) in [4.78, 5) is 23.4. The molecule has 0 aliphatic heterocycles. The van der Waals surface area contributed by atoms with Gasteiger partial charge < -0.3 is 20.8 Å². The summed E-state index contributed by atoms with van der Waals surface area (Å²) in [6.45, 7) is 8.21. The van der Waals surface area contributed by atoms with Crippen LogP contribution < -0.4 is 5.73 Å². The van der Waals surface area contributed by atoms with E-state index in [1.165, 1.54) is 11.1 Å². The second-order valence-corrected chi connectivity index (χ2v) is 7.94. The zero-order valence-electron chi connectivity index (χ0n) is 18.5. The van der Waals surface area contributed by atoms with Gasteiger partial charge in [-0.1, -0.05) is 34.9 Å². The SMILES string of the molecule is CC(C)=CCC/C(C)=C/CC/C(C)=C/CN(CCCC(N)(C(=O)O)C(F)F)C(=O)O. The van der Waals surface area contributed by atoms with E-state index in [0.29, 0.717) is 0 Å². The minimum atomic E-state index is -3.23.